The van der Waals surface area contributed by atoms with E-state index in [1.54, 1.807) is 0 Å². The first-order chi connectivity index (χ1) is 12.3. The Morgan fingerprint density at radius 2 is 0.920 bits per heavy atom. The Morgan fingerprint density at radius 1 is 0.600 bits per heavy atom. The first-order valence-electron chi connectivity index (χ1n) is 10.7. The molecule has 3 aliphatic rings. The second-order valence-electron chi connectivity index (χ2n) is 8.09. The Kier molecular flexibility index (Phi) is 7.82. The molecule has 3 nitrogen and oxygen atoms in total. The molecule has 3 rings (SSSR count). The quantitative estimate of drug-likeness (QED) is 0.419. The van der Waals surface area contributed by atoms with Crippen molar-refractivity contribution in [3.05, 3.63) is 18.0 Å². The highest BCUT2D eigenvalue weighted by molar-refractivity contribution is 6.66. The standard InChI is InChI=1S/C21H36O3Si/c1-2-18-25(22-19-12-6-3-7-13-19,23-20-14-8-4-9-15-20)24-21-16-10-5-11-17-21/h18-21H,1,3-17H2. The molecule has 0 aliphatic heterocycles. The van der Waals surface area contributed by atoms with Gasteiger partial charge in [0, 0.05) is 24.0 Å². The van der Waals surface area contributed by atoms with Crippen LogP contribution in [0.2, 0.25) is 0 Å². The van der Waals surface area contributed by atoms with E-state index in [4.69, 9.17) is 13.3 Å². The first-order valence-corrected chi connectivity index (χ1v) is 12.5. The third-order valence-electron chi connectivity index (χ3n) is 5.93. The van der Waals surface area contributed by atoms with Crippen LogP contribution < -0.4 is 0 Å². The molecule has 0 aromatic rings. The van der Waals surface area contributed by atoms with Crippen LogP contribution in [0.1, 0.15) is 96.3 Å². The fourth-order valence-electron chi connectivity index (χ4n) is 4.56. The summed E-state index contributed by atoms with van der Waals surface area (Å²) in [6, 6.07) is 0. The van der Waals surface area contributed by atoms with Gasteiger partial charge in [0.15, 0.2) is 0 Å². The van der Waals surface area contributed by atoms with Gasteiger partial charge in [-0.1, -0.05) is 64.4 Å². The summed E-state index contributed by atoms with van der Waals surface area (Å²) in [6.45, 7) is 3.84. The van der Waals surface area contributed by atoms with Crippen LogP contribution in [0.4, 0.5) is 0 Å². The molecule has 0 heterocycles. The maximum atomic E-state index is 6.66. The van der Waals surface area contributed by atoms with E-state index in [9.17, 15) is 0 Å². The first kappa shape index (κ1) is 19.4. The third-order valence-corrected chi connectivity index (χ3v) is 8.47. The lowest BCUT2D eigenvalue weighted by Gasteiger charge is -2.38. The minimum Gasteiger partial charge on any atom is -0.367 e. The highest BCUT2D eigenvalue weighted by Crippen LogP contribution is 2.32. The Labute approximate surface area is 155 Å². The van der Waals surface area contributed by atoms with E-state index in [0.29, 0.717) is 0 Å². The second-order valence-corrected chi connectivity index (χ2v) is 10.3. The Hall–Kier alpha value is -0.383. The molecule has 142 valence electrons. The number of hydrogen-bond donors (Lipinski definition) is 0. The van der Waals surface area contributed by atoms with Crippen molar-refractivity contribution < 1.29 is 13.3 Å². The van der Waals surface area contributed by atoms with Crippen LogP contribution in [0.25, 0.3) is 0 Å². The lowest BCUT2D eigenvalue weighted by atomic mass is 9.98. The van der Waals surface area contributed by atoms with Crippen LogP contribution in [0, 0.1) is 0 Å². The van der Waals surface area contributed by atoms with Crippen molar-refractivity contribution in [2.24, 2.45) is 0 Å². The van der Waals surface area contributed by atoms with Gasteiger partial charge in [-0.25, -0.2) is 0 Å². The van der Waals surface area contributed by atoms with Crippen LogP contribution in [0.5, 0.6) is 0 Å². The SMILES string of the molecule is C=C=C[Si](OC1CCCCC1)(OC1CCCCC1)OC1CCCCC1. The molecule has 3 fully saturated rings. The monoisotopic (exact) mass is 364 g/mol. The zero-order chi connectivity index (χ0) is 17.4. The molecule has 25 heavy (non-hydrogen) atoms. The van der Waals surface area contributed by atoms with Gasteiger partial charge in [0.1, 0.15) is 0 Å². The largest absolute Gasteiger partial charge is 0.538 e. The summed E-state index contributed by atoms with van der Waals surface area (Å²) in [4.78, 5) is 0. The van der Waals surface area contributed by atoms with Gasteiger partial charge in [0.25, 0.3) is 0 Å². The van der Waals surface area contributed by atoms with Crippen LogP contribution in [-0.2, 0) is 13.3 Å². The molecule has 0 bridgehead atoms. The van der Waals surface area contributed by atoms with E-state index in [1.807, 2.05) is 5.70 Å². The van der Waals surface area contributed by atoms with Crippen LogP contribution in [0.3, 0.4) is 0 Å². The van der Waals surface area contributed by atoms with Gasteiger partial charge >= 0.3 is 8.80 Å². The van der Waals surface area contributed by atoms with E-state index in [-0.39, 0.29) is 18.3 Å². The van der Waals surface area contributed by atoms with Crippen molar-refractivity contribution in [3.8, 4) is 0 Å². The summed E-state index contributed by atoms with van der Waals surface area (Å²) in [5, 5.41) is 0. The molecular weight excluding hydrogens is 328 g/mol. The topological polar surface area (TPSA) is 27.7 Å². The fourth-order valence-corrected chi connectivity index (χ4v) is 7.28. The zero-order valence-corrected chi connectivity index (χ0v) is 16.8. The average molecular weight is 365 g/mol. The summed E-state index contributed by atoms with van der Waals surface area (Å²) in [5.41, 5.74) is 4.94. The van der Waals surface area contributed by atoms with Crippen LogP contribution in [0.15, 0.2) is 18.0 Å². The normalized spacial score (nSPS) is 24.8. The zero-order valence-electron chi connectivity index (χ0n) is 15.8. The van der Waals surface area contributed by atoms with E-state index in [2.05, 4.69) is 12.3 Å². The van der Waals surface area contributed by atoms with Gasteiger partial charge in [0.2, 0.25) is 0 Å². The summed E-state index contributed by atoms with van der Waals surface area (Å²) in [7, 11) is -2.86. The summed E-state index contributed by atoms with van der Waals surface area (Å²) < 4.78 is 20.0. The van der Waals surface area contributed by atoms with Crippen molar-refractivity contribution in [1.29, 1.82) is 0 Å². The Balaban J connectivity index is 1.73. The third kappa shape index (κ3) is 6.08. The van der Waals surface area contributed by atoms with Crippen LogP contribution >= 0.6 is 0 Å². The predicted octanol–water partition coefficient (Wildman–Crippen LogP) is 5.85. The van der Waals surface area contributed by atoms with Crippen molar-refractivity contribution in [3.63, 3.8) is 0 Å². The van der Waals surface area contributed by atoms with Gasteiger partial charge in [0.05, 0.1) is 0 Å². The van der Waals surface area contributed by atoms with Gasteiger partial charge < -0.3 is 13.3 Å². The molecule has 0 saturated heterocycles. The van der Waals surface area contributed by atoms with Crippen LogP contribution in [-0.4, -0.2) is 27.1 Å². The van der Waals surface area contributed by atoms with Crippen molar-refractivity contribution in [2.75, 3.05) is 0 Å². The second kappa shape index (κ2) is 10.1. The summed E-state index contributed by atoms with van der Waals surface area (Å²) in [6.07, 6.45) is 19.3. The van der Waals surface area contributed by atoms with Crippen molar-refractivity contribution in [1.82, 2.24) is 0 Å². The molecule has 0 atom stereocenters. The minimum atomic E-state index is -2.86. The maximum Gasteiger partial charge on any atom is 0.538 e. The molecule has 0 unspecified atom stereocenters. The van der Waals surface area contributed by atoms with E-state index in [0.717, 1.165) is 38.5 Å². The van der Waals surface area contributed by atoms with E-state index < -0.39 is 8.80 Å². The average Bonchev–Trinajstić information content (AvgIpc) is 2.64. The molecule has 3 saturated carbocycles. The fraction of sp³-hybridized carbons (Fsp3) is 0.857. The summed E-state index contributed by atoms with van der Waals surface area (Å²) >= 11 is 0. The smallest absolute Gasteiger partial charge is 0.367 e. The molecule has 0 radical (unpaired) electrons. The van der Waals surface area contributed by atoms with Gasteiger partial charge in [-0.3, -0.25) is 0 Å². The maximum absolute atomic E-state index is 6.66. The van der Waals surface area contributed by atoms with E-state index in [1.165, 1.54) is 57.8 Å². The molecule has 0 aromatic heterocycles. The molecule has 3 aliphatic carbocycles. The molecule has 0 spiro atoms. The molecular formula is C21H36O3Si. The predicted molar refractivity (Wildman–Crippen MR) is 103 cm³/mol. The highest BCUT2D eigenvalue weighted by Gasteiger charge is 2.46. The number of rotatable bonds is 7. The van der Waals surface area contributed by atoms with E-state index >= 15 is 0 Å². The molecule has 0 amide bonds. The molecule has 0 aromatic carbocycles. The summed E-state index contributed by atoms with van der Waals surface area (Å²) in [5.74, 6) is 0. The molecule has 4 heteroatoms. The lowest BCUT2D eigenvalue weighted by molar-refractivity contribution is -0.0319. The molecule has 0 N–H and O–H groups in total. The Morgan fingerprint density at radius 3 is 1.20 bits per heavy atom. The highest BCUT2D eigenvalue weighted by atomic mass is 28.4. The van der Waals surface area contributed by atoms with Gasteiger partial charge in [-0.2, -0.15) is 0 Å². The van der Waals surface area contributed by atoms with Gasteiger partial charge in [-0.15, -0.1) is 5.73 Å². The van der Waals surface area contributed by atoms with Crippen molar-refractivity contribution in [2.45, 2.75) is 115 Å². The number of hydrogen-bond acceptors (Lipinski definition) is 3. The Bertz CT molecular complexity index is 378. The van der Waals surface area contributed by atoms with Crippen molar-refractivity contribution >= 4 is 8.80 Å². The lowest BCUT2D eigenvalue weighted by Crippen LogP contribution is -2.52. The van der Waals surface area contributed by atoms with Gasteiger partial charge in [-0.05, 0) is 38.5 Å². The minimum absolute atomic E-state index is 0.289.